The van der Waals surface area contributed by atoms with Crippen molar-refractivity contribution in [1.29, 1.82) is 0 Å². The van der Waals surface area contributed by atoms with Crippen molar-refractivity contribution >= 4 is 11.6 Å². The van der Waals surface area contributed by atoms with E-state index in [0.29, 0.717) is 5.92 Å². The van der Waals surface area contributed by atoms with E-state index in [9.17, 15) is 4.39 Å². The van der Waals surface area contributed by atoms with Gasteiger partial charge in [0, 0.05) is 0 Å². The summed E-state index contributed by atoms with van der Waals surface area (Å²) in [5.74, 6) is 0.544. The molecule has 0 heterocycles. The number of rotatable bonds is 1. The van der Waals surface area contributed by atoms with Gasteiger partial charge in [-0.25, -0.2) is 4.39 Å². The molecular formula is C14H13F. The van der Waals surface area contributed by atoms with Crippen molar-refractivity contribution in [2.45, 2.75) is 19.8 Å². The van der Waals surface area contributed by atoms with Gasteiger partial charge in [0.25, 0.3) is 0 Å². The maximum absolute atomic E-state index is 13.0. The Hall–Kier alpha value is -1.37. The zero-order valence-electron chi connectivity index (χ0n) is 8.76. The van der Waals surface area contributed by atoms with Gasteiger partial charge in [0.2, 0.25) is 0 Å². The van der Waals surface area contributed by atoms with Crippen LogP contribution in [0.25, 0.3) is 11.6 Å². The summed E-state index contributed by atoms with van der Waals surface area (Å²) in [4.78, 5) is 0. The Bertz CT molecular complexity index is 480. The number of hydrogen-bond acceptors (Lipinski definition) is 0. The van der Waals surface area contributed by atoms with Crippen molar-refractivity contribution in [1.82, 2.24) is 0 Å². The molecule has 15 heavy (non-hydrogen) atoms. The van der Waals surface area contributed by atoms with Crippen molar-refractivity contribution in [2.24, 2.45) is 5.92 Å². The summed E-state index contributed by atoms with van der Waals surface area (Å²) >= 11 is 0. The van der Waals surface area contributed by atoms with E-state index in [1.165, 1.54) is 23.1 Å². The summed E-state index contributed by atoms with van der Waals surface area (Å²) in [6, 6.07) is 5.08. The number of fused-ring (bicyclic) bond motifs is 3. The molecule has 0 aromatic heterocycles. The van der Waals surface area contributed by atoms with Gasteiger partial charge in [0.05, 0.1) is 0 Å². The minimum Gasteiger partial charge on any atom is -0.207 e. The summed E-state index contributed by atoms with van der Waals surface area (Å²) in [6.45, 7) is 2.22. The van der Waals surface area contributed by atoms with Crippen LogP contribution in [0.1, 0.15) is 30.9 Å². The highest BCUT2D eigenvalue weighted by Crippen LogP contribution is 2.45. The van der Waals surface area contributed by atoms with E-state index in [0.717, 1.165) is 12.0 Å². The molecule has 0 N–H and O–H groups in total. The highest BCUT2D eigenvalue weighted by Gasteiger charge is 2.26. The molecule has 0 radical (unpaired) electrons. The van der Waals surface area contributed by atoms with Gasteiger partial charge < -0.3 is 0 Å². The molecule has 0 spiro atoms. The van der Waals surface area contributed by atoms with Crippen LogP contribution in [-0.2, 0) is 0 Å². The second-order valence-electron chi connectivity index (χ2n) is 4.35. The van der Waals surface area contributed by atoms with Crippen molar-refractivity contribution < 1.29 is 4.39 Å². The minimum atomic E-state index is -0.141. The Morgan fingerprint density at radius 2 is 2.27 bits per heavy atom. The van der Waals surface area contributed by atoms with E-state index in [1.807, 2.05) is 6.07 Å². The Morgan fingerprint density at radius 1 is 1.40 bits per heavy atom. The minimum absolute atomic E-state index is 0.141. The zero-order valence-corrected chi connectivity index (χ0v) is 8.76. The first-order chi connectivity index (χ1) is 7.28. The quantitative estimate of drug-likeness (QED) is 0.642. The molecule has 0 bridgehead atoms. The van der Waals surface area contributed by atoms with Gasteiger partial charge in [-0.2, -0.15) is 0 Å². The van der Waals surface area contributed by atoms with Crippen molar-refractivity contribution in [2.75, 3.05) is 0 Å². The molecule has 0 amide bonds. The Morgan fingerprint density at radius 3 is 3.07 bits per heavy atom. The standard InChI is InChI=1S/C14H13F/c1-2-9-5-10-7-11-8-12(15)3-4-13(11)14(10)6-9/h3-4,6-9H,2,5H2,1H3. The average molecular weight is 200 g/mol. The SMILES string of the molecule is CCC1C=C2C(=Cc3cc(F)ccc32)C1. The smallest absolute Gasteiger partial charge is 0.123 e. The van der Waals surface area contributed by atoms with Gasteiger partial charge in [-0.15, -0.1) is 0 Å². The molecule has 0 saturated heterocycles. The third kappa shape index (κ3) is 1.26. The van der Waals surface area contributed by atoms with Crippen LogP contribution in [0.3, 0.4) is 0 Å². The molecule has 2 aliphatic rings. The monoisotopic (exact) mass is 200 g/mol. The van der Waals surface area contributed by atoms with E-state index in [2.05, 4.69) is 19.1 Å². The number of benzene rings is 1. The molecule has 1 atom stereocenters. The van der Waals surface area contributed by atoms with Gasteiger partial charge in [0.1, 0.15) is 5.82 Å². The molecule has 1 heteroatoms. The lowest BCUT2D eigenvalue weighted by Crippen LogP contribution is -1.87. The maximum Gasteiger partial charge on any atom is 0.123 e. The molecule has 1 unspecified atom stereocenters. The number of hydrogen-bond donors (Lipinski definition) is 0. The second-order valence-corrected chi connectivity index (χ2v) is 4.35. The fourth-order valence-corrected chi connectivity index (χ4v) is 2.54. The summed E-state index contributed by atoms with van der Waals surface area (Å²) < 4.78 is 13.0. The molecule has 0 fully saturated rings. The van der Waals surface area contributed by atoms with Crippen LogP contribution in [0.15, 0.2) is 29.8 Å². The third-order valence-electron chi connectivity index (χ3n) is 3.39. The van der Waals surface area contributed by atoms with Crippen LogP contribution >= 0.6 is 0 Å². The van der Waals surface area contributed by atoms with Crippen LogP contribution in [0, 0.1) is 11.7 Å². The highest BCUT2D eigenvalue weighted by molar-refractivity contribution is 5.96. The zero-order chi connectivity index (χ0) is 10.4. The molecule has 0 aliphatic heterocycles. The highest BCUT2D eigenvalue weighted by atomic mass is 19.1. The van der Waals surface area contributed by atoms with Crippen LogP contribution < -0.4 is 0 Å². The topological polar surface area (TPSA) is 0 Å². The van der Waals surface area contributed by atoms with E-state index in [1.54, 1.807) is 12.1 Å². The van der Waals surface area contributed by atoms with E-state index in [4.69, 9.17) is 0 Å². The Balaban J connectivity index is 2.10. The van der Waals surface area contributed by atoms with Gasteiger partial charge in [-0.05, 0) is 53.2 Å². The third-order valence-corrected chi connectivity index (χ3v) is 3.39. The lowest BCUT2D eigenvalue weighted by Gasteiger charge is -2.01. The average Bonchev–Trinajstić information content (AvgIpc) is 2.73. The van der Waals surface area contributed by atoms with E-state index in [-0.39, 0.29) is 5.82 Å². The largest absolute Gasteiger partial charge is 0.207 e. The Kier molecular flexibility index (Phi) is 1.82. The lowest BCUT2D eigenvalue weighted by atomic mass is 10.0. The molecule has 76 valence electrons. The van der Waals surface area contributed by atoms with E-state index >= 15 is 0 Å². The number of halogens is 1. The van der Waals surface area contributed by atoms with Gasteiger partial charge >= 0.3 is 0 Å². The predicted octanol–water partition coefficient (Wildman–Crippen LogP) is 4.04. The van der Waals surface area contributed by atoms with Crippen molar-refractivity contribution in [3.05, 3.63) is 46.8 Å². The van der Waals surface area contributed by atoms with Crippen molar-refractivity contribution in [3.8, 4) is 0 Å². The number of allylic oxidation sites excluding steroid dienone is 3. The summed E-state index contributed by atoms with van der Waals surface area (Å²) in [6.07, 6.45) is 6.80. The summed E-state index contributed by atoms with van der Waals surface area (Å²) in [7, 11) is 0. The molecule has 1 aromatic carbocycles. The molecule has 1 aromatic rings. The van der Waals surface area contributed by atoms with Gasteiger partial charge in [-0.1, -0.05) is 25.1 Å². The predicted molar refractivity (Wildman–Crippen MR) is 60.8 cm³/mol. The van der Waals surface area contributed by atoms with Crippen LogP contribution in [-0.4, -0.2) is 0 Å². The first-order valence-corrected chi connectivity index (χ1v) is 5.50. The van der Waals surface area contributed by atoms with Crippen LogP contribution in [0.4, 0.5) is 4.39 Å². The molecular weight excluding hydrogens is 187 g/mol. The maximum atomic E-state index is 13.0. The van der Waals surface area contributed by atoms with Gasteiger partial charge in [-0.3, -0.25) is 0 Å². The first kappa shape index (κ1) is 8.90. The van der Waals surface area contributed by atoms with Crippen LogP contribution in [0.5, 0.6) is 0 Å². The summed E-state index contributed by atoms with van der Waals surface area (Å²) in [5, 5.41) is 0. The van der Waals surface area contributed by atoms with Crippen LogP contribution in [0.2, 0.25) is 0 Å². The fourth-order valence-electron chi connectivity index (χ4n) is 2.54. The normalized spacial score (nSPS) is 22.1. The Labute approximate surface area is 89.1 Å². The second kappa shape index (κ2) is 3.06. The molecule has 0 saturated carbocycles. The van der Waals surface area contributed by atoms with E-state index < -0.39 is 0 Å². The molecule has 2 aliphatic carbocycles. The lowest BCUT2D eigenvalue weighted by molar-refractivity contribution is 0.627. The molecule has 3 rings (SSSR count). The fraction of sp³-hybridized carbons (Fsp3) is 0.286. The van der Waals surface area contributed by atoms with Gasteiger partial charge in [0.15, 0.2) is 0 Å². The first-order valence-electron chi connectivity index (χ1n) is 5.50. The molecule has 0 nitrogen and oxygen atoms in total. The van der Waals surface area contributed by atoms with Crippen molar-refractivity contribution in [3.63, 3.8) is 0 Å². The summed E-state index contributed by atoms with van der Waals surface area (Å²) in [5.41, 5.74) is 4.99.